The Morgan fingerprint density at radius 1 is 0.630 bits per heavy atom. The van der Waals surface area contributed by atoms with E-state index >= 15 is 0 Å². The lowest BCUT2D eigenvalue weighted by Crippen LogP contribution is -2.08. The summed E-state index contributed by atoms with van der Waals surface area (Å²) in [6, 6.07) is 17.0. The molecule has 4 heteroatoms. The van der Waals surface area contributed by atoms with Crippen LogP contribution >= 0.6 is 0 Å². The predicted molar refractivity (Wildman–Crippen MR) is 112 cm³/mol. The number of aromatic amines is 2. The Balaban J connectivity index is 1.94. The number of hydrogen-bond donors (Lipinski definition) is 2. The summed E-state index contributed by atoms with van der Waals surface area (Å²) in [5.41, 5.74) is 4.00. The molecule has 5 rings (SSSR count). The van der Waals surface area contributed by atoms with E-state index in [4.69, 9.17) is 0 Å². The van der Waals surface area contributed by atoms with Crippen molar-refractivity contribution in [3.63, 3.8) is 0 Å². The van der Waals surface area contributed by atoms with Gasteiger partial charge in [0.2, 0.25) is 0 Å². The van der Waals surface area contributed by atoms with E-state index < -0.39 is 0 Å². The number of aromatic nitrogens is 2. The SMILES string of the molecule is CC(C)c1ccc2[nH]c3cc4c(=O)c5ccccc5[nH]c4cc3c(=O)c2c1. The zero-order valence-electron chi connectivity index (χ0n) is 15.1. The summed E-state index contributed by atoms with van der Waals surface area (Å²) in [6.45, 7) is 4.22. The number of rotatable bonds is 1. The van der Waals surface area contributed by atoms with E-state index in [1.54, 1.807) is 12.1 Å². The van der Waals surface area contributed by atoms with Crippen LogP contribution in [0.15, 0.2) is 64.2 Å². The molecule has 132 valence electrons. The Labute approximate surface area is 154 Å². The smallest absolute Gasteiger partial charge is 0.197 e. The molecule has 2 N–H and O–H groups in total. The molecule has 4 nitrogen and oxygen atoms in total. The fourth-order valence-electron chi connectivity index (χ4n) is 3.77. The maximum atomic E-state index is 13.1. The molecule has 27 heavy (non-hydrogen) atoms. The van der Waals surface area contributed by atoms with Crippen LogP contribution in [0.1, 0.15) is 25.3 Å². The molecule has 2 aromatic heterocycles. The van der Waals surface area contributed by atoms with Crippen molar-refractivity contribution >= 4 is 43.6 Å². The van der Waals surface area contributed by atoms with Crippen LogP contribution in [0, 0.1) is 0 Å². The minimum atomic E-state index is -0.0302. The highest BCUT2D eigenvalue weighted by Crippen LogP contribution is 2.23. The highest BCUT2D eigenvalue weighted by Gasteiger charge is 2.11. The summed E-state index contributed by atoms with van der Waals surface area (Å²) in [5.74, 6) is 0.351. The van der Waals surface area contributed by atoms with Crippen molar-refractivity contribution in [3.05, 3.63) is 80.6 Å². The standard InChI is InChI=1S/C23H18N2O2/c1-12(2)13-7-8-19-15(9-13)23(27)17-11-20-16(10-21(17)25-19)22(26)14-5-3-4-6-18(14)24-20/h3-12H,1-2H3,(H,24,26)(H,25,27). The van der Waals surface area contributed by atoms with Crippen molar-refractivity contribution in [2.75, 3.05) is 0 Å². The van der Waals surface area contributed by atoms with Crippen LogP contribution in [-0.2, 0) is 0 Å². The number of hydrogen-bond acceptors (Lipinski definition) is 2. The van der Waals surface area contributed by atoms with Gasteiger partial charge in [-0.3, -0.25) is 9.59 Å². The molecule has 0 amide bonds. The highest BCUT2D eigenvalue weighted by atomic mass is 16.1. The van der Waals surface area contributed by atoms with Gasteiger partial charge in [0.1, 0.15) is 0 Å². The molecule has 2 heterocycles. The Hall–Kier alpha value is -3.40. The second-order valence-electron chi connectivity index (χ2n) is 7.36. The maximum absolute atomic E-state index is 13.1. The van der Waals surface area contributed by atoms with Crippen LogP contribution in [0.25, 0.3) is 43.6 Å². The first-order valence-electron chi connectivity index (χ1n) is 9.07. The monoisotopic (exact) mass is 354 g/mol. The molecule has 0 aliphatic heterocycles. The van der Waals surface area contributed by atoms with E-state index in [2.05, 4.69) is 23.8 Å². The maximum Gasteiger partial charge on any atom is 0.197 e. The molecule has 0 fully saturated rings. The van der Waals surface area contributed by atoms with Crippen molar-refractivity contribution in [3.8, 4) is 0 Å². The lowest BCUT2D eigenvalue weighted by Gasteiger charge is -2.09. The molecule has 0 radical (unpaired) electrons. The van der Waals surface area contributed by atoms with Crippen LogP contribution in [0.3, 0.4) is 0 Å². The lowest BCUT2D eigenvalue weighted by molar-refractivity contribution is 0.868. The minimum Gasteiger partial charge on any atom is -0.354 e. The van der Waals surface area contributed by atoms with Gasteiger partial charge in [0.25, 0.3) is 0 Å². The van der Waals surface area contributed by atoms with Gasteiger partial charge in [0, 0.05) is 32.6 Å². The first-order valence-corrected chi connectivity index (χ1v) is 9.07. The van der Waals surface area contributed by atoms with Crippen molar-refractivity contribution < 1.29 is 0 Å². The summed E-state index contributed by atoms with van der Waals surface area (Å²) in [6.07, 6.45) is 0. The number of fused-ring (bicyclic) bond motifs is 4. The molecule has 0 saturated carbocycles. The van der Waals surface area contributed by atoms with Crippen LogP contribution in [-0.4, -0.2) is 9.97 Å². The molecule has 5 aromatic rings. The molecule has 0 atom stereocenters. The average molecular weight is 354 g/mol. The molecule has 3 aromatic carbocycles. The third-order valence-electron chi connectivity index (χ3n) is 5.31. The third-order valence-corrected chi connectivity index (χ3v) is 5.31. The van der Waals surface area contributed by atoms with Crippen LogP contribution in [0.4, 0.5) is 0 Å². The van der Waals surface area contributed by atoms with Gasteiger partial charge in [0.05, 0.1) is 11.0 Å². The second kappa shape index (κ2) is 5.55. The topological polar surface area (TPSA) is 65.7 Å². The number of para-hydroxylation sites is 1. The summed E-state index contributed by atoms with van der Waals surface area (Å²) >= 11 is 0. The van der Waals surface area contributed by atoms with E-state index in [0.717, 1.165) is 16.6 Å². The number of benzene rings is 3. The quantitative estimate of drug-likeness (QED) is 0.425. The van der Waals surface area contributed by atoms with Gasteiger partial charge in [-0.25, -0.2) is 0 Å². The summed E-state index contributed by atoms with van der Waals surface area (Å²) < 4.78 is 0. The molecule has 0 bridgehead atoms. The number of pyridine rings is 2. The van der Waals surface area contributed by atoms with Gasteiger partial charge < -0.3 is 9.97 Å². The summed E-state index contributed by atoms with van der Waals surface area (Å²) in [7, 11) is 0. The van der Waals surface area contributed by atoms with E-state index in [-0.39, 0.29) is 10.9 Å². The van der Waals surface area contributed by atoms with Crippen molar-refractivity contribution in [1.82, 2.24) is 9.97 Å². The molecule has 0 aliphatic carbocycles. The zero-order valence-corrected chi connectivity index (χ0v) is 15.1. The molecule has 0 spiro atoms. The van der Waals surface area contributed by atoms with Gasteiger partial charge in [-0.05, 0) is 47.9 Å². The van der Waals surface area contributed by atoms with Gasteiger partial charge in [0.15, 0.2) is 10.9 Å². The predicted octanol–water partition coefficient (Wildman–Crippen LogP) is 4.80. The first kappa shape index (κ1) is 15.8. The molecular formula is C23H18N2O2. The van der Waals surface area contributed by atoms with Crippen LogP contribution < -0.4 is 10.9 Å². The Morgan fingerprint density at radius 2 is 1.19 bits per heavy atom. The molecular weight excluding hydrogens is 336 g/mol. The molecule has 0 aliphatic rings. The van der Waals surface area contributed by atoms with Gasteiger partial charge in [-0.15, -0.1) is 0 Å². The normalized spacial score (nSPS) is 12.0. The third kappa shape index (κ3) is 2.30. The molecule has 0 saturated heterocycles. The van der Waals surface area contributed by atoms with Crippen molar-refractivity contribution in [1.29, 1.82) is 0 Å². The first-order chi connectivity index (χ1) is 13.0. The van der Waals surface area contributed by atoms with E-state index in [0.29, 0.717) is 38.5 Å². The summed E-state index contributed by atoms with van der Waals surface area (Å²) in [5, 5.41) is 2.49. The van der Waals surface area contributed by atoms with Gasteiger partial charge in [-0.1, -0.05) is 32.0 Å². The van der Waals surface area contributed by atoms with Crippen molar-refractivity contribution in [2.24, 2.45) is 0 Å². The number of H-pyrrole nitrogens is 2. The van der Waals surface area contributed by atoms with E-state index in [9.17, 15) is 9.59 Å². The highest BCUT2D eigenvalue weighted by molar-refractivity contribution is 6.02. The average Bonchev–Trinajstić information content (AvgIpc) is 2.67. The fraction of sp³-hybridized carbons (Fsp3) is 0.130. The summed E-state index contributed by atoms with van der Waals surface area (Å²) in [4.78, 5) is 32.7. The largest absolute Gasteiger partial charge is 0.354 e. The fourth-order valence-corrected chi connectivity index (χ4v) is 3.77. The minimum absolute atomic E-state index is 0.0165. The van der Waals surface area contributed by atoms with Crippen LogP contribution in [0.2, 0.25) is 0 Å². The van der Waals surface area contributed by atoms with Crippen LogP contribution in [0.5, 0.6) is 0 Å². The Bertz CT molecular complexity index is 1490. The van der Waals surface area contributed by atoms with E-state index in [1.807, 2.05) is 42.5 Å². The lowest BCUT2D eigenvalue weighted by atomic mass is 9.99. The Kier molecular flexibility index (Phi) is 3.25. The number of nitrogens with one attached hydrogen (secondary N) is 2. The van der Waals surface area contributed by atoms with E-state index in [1.165, 1.54) is 0 Å². The second-order valence-corrected chi connectivity index (χ2v) is 7.36. The van der Waals surface area contributed by atoms with Crippen molar-refractivity contribution in [2.45, 2.75) is 19.8 Å². The van der Waals surface area contributed by atoms with Gasteiger partial charge >= 0.3 is 0 Å². The van der Waals surface area contributed by atoms with Gasteiger partial charge in [-0.2, -0.15) is 0 Å². The zero-order chi connectivity index (χ0) is 18.7. The Morgan fingerprint density at radius 3 is 1.85 bits per heavy atom. The molecule has 0 unspecified atom stereocenters.